The van der Waals surface area contributed by atoms with Gasteiger partial charge in [0.2, 0.25) is 0 Å². The summed E-state index contributed by atoms with van der Waals surface area (Å²) in [6.45, 7) is 4.30. The largest absolute Gasteiger partial charge is 0.394 e. The van der Waals surface area contributed by atoms with Gasteiger partial charge in [0.05, 0.1) is 12.7 Å². The molecular formula is C12H19NO2. The van der Waals surface area contributed by atoms with Crippen molar-refractivity contribution in [1.82, 2.24) is 5.32 Å². The molecule has 0 saturated heterocycles. The Hall–Kier alpha value is -0.900. The van der Waals surface area contributed by atoms with Crippen LogP contribution in [-0.2, 0) is 0 Å². The molecule has 0 amide bonds. The van der Waals surface area contributed by atoms with Gasteiger partial charge in [-0.25, -0.2) is 0 Å². The fraction of sp³-hybridized carbons (Fsp3) is 0.500. The van der Waals surface area contributed by atoms with E-state index in [1.807, 2.05) is 13.0 Å². The van der Waals surface area contributed by atoms with Crippen molar-refractivity contribution in [3.63, 3.8) is 0 Å². The lowest BCUT2D eigenvalue weighted by Gasteiger charge is -2.16. The maximum atomic E-state index is 9.20. The maximum absolute atomic E-state index is 9.20. The Morgan fingerprint density at radius 3 is 2.73 bits per heavy atom. The van der Waals surface area contributed by atoms with E-state index in [0.29, 0.717) is 6.54 Å². The van der Waals surface area contributed by atoms with Crippen molar-refractivity contribution >= 4 is 0 Å². The van der Waals surface area contributed by atoms with Gasteiger partial charge in [0.25, 0.3) is 0 Å². The van der Waals surface area contributed by atoms with Gasteiger partial charge >= 0.3 is 0 Å². The van der Waals surface area contributed by atoms with E-state index >= 15 is 0 Å². The topological polar surface area (TPSA) is 52.5 Å². The highest BCUT2D eigenvalue weighted by Crippen LogP contribution is 2.13. The molecule has 15 heavy (non-hydrogen) atoms. The van der Waals surface area contributed by atoms with E-state index in [2.05, 4.69) is 30.4 Å². The molecule has 0 fully saturated rings. The first kappa shape index (κ1) is 12.2. The van der Waals surface area contributed by atoms with E-state index in [1.165, 1.54) is 11.1 Å². The molecule has 2 atom stereocenters. The second kappa shape index (κ2) is 5.85. The van der Waals surface area contributed by atoms with Crippen molar-refractivity contribution in [2.24, 2.45) is 0 Å². The highest BCUT2D eigenvalue weighted by Gasteiger charge is 2.07. The van der Waals surface area contributed by atoms with E-state index in [9.17, 15) is 5.11 Å². The number of aliphatic hydroxyl groups is 2. The Bertz CT molecular complexity index is 301. The summed E-state index contributed by atoms with van der Waals surface area (Å²) in [5.74, 6) is 0. The van der Waals surface area contributed by atoms with Crippen LogP contribution in [-0.4, -0.2) is 29.5 Å². The molecule has 1 unspecified atom stereocenters. The molecule has 0 heterocycles. The van der Waals surface area contributed by atoms with Gasteiger partial charge in [-0.2, -0.15) is 0 Å². The summed E-state index contributed by atoms with van der Waals surface area (Å²) in [5.41, 5.74) is 2.42. The van der Waals surface area contributed by atoms with Gasteiger partial charge in [0.1, 0.15) is 0 Å². The Morgan fingerprint density at radius 1 is 1.40 bits per heavy atom. The number of aryl methyl sites for hydroxylation is 1. The second-order valence-electron chi connectivity index (χ2n) is 3.88. The third kappa shape index (κ3) is 4.00. The molecule has 84 valence electrons. The molecule has 0 bridgehead atoms. The smallest absolute Gasteiger partial charge is 0.0895 e. The number of aliphatic hydroxyl groups excluding tert-OH is 2. The van der Waals surface area contributed by atoms with E-state index < -0.39 is 6.10 Å². The lowest BCUT2D eigenvalue weighted by atomic mass is 10.1. The lowest BCUT2D eigenvalue weighted by Crippen LogP contribution is -2.31. The highest BCUT2D eigenvalue weighted by molar-refractivity contribution is 5.24. The van der Waals surface area contributed by atoms with Gasteiger partial charge in [-0.3, -0.25) is 0 Å². The summed E-state index contributed by atoms with van der Waals surface area (Å²) in [7, 11) is 0. The number of hydrogen-bond donors (Lipinski definition) is 3. The van der Waals surface area contributed by atoms with Crippen LogP contribution in [0.4, 0.5) is 0 Å². The van der Waals surface area contributed by atoms with Crippen molar-refractivity contribution in [3.05, 3.63) is 35.4 Å². The van der Waals surface area contributed by atoms with Crippen LogP contribution in [0.5, 0.6) is 0 Å². The zero-order valence-corrected chi connectivity index (χ0v) is 9.27. The van der Waals surface area contributed by atoms with Gasteiger partial charge in [-0.1, -0.05) is 29.8 Å². The van der Waals surface area contributed by atoms with Crippen molar-refractivity contribution in [3.8, 4) is 0 Å². The fourth-order valence-electron chi connectivity index (χ4n) is 1.43. The fourth-order valence-corrected chi connectivity index (χ4v) is 1.43. The summed E-state index contributed by atoms with van der Waals surface area (Å²) in [4.78, 5) is 0. The minimum absolute atomic E-state index is 0.186. The number of benzene rings is 1. The Kier molecular flexibility index (Phi) is 4.75. The minimum atomic E-state index is -0.683. The highest BCUT2D eigenvalue weighted by atomic mass is 16.3. The molecule has 0 aliphatic heterocycles. The minimum Gasteiger partial charge on any atom is -0.394 e. The quantitative estimate of drug-likeness (QED) is 0.678. The predicted octanol–water partition coefficient (Wildman–Crippen LogP) is 0.999. The average molecular weight is 209 g/mol. The summed E-state index contributed by atoms with van der Waals surface area (Å²) in [6, 6.07) is 8.43. The molecule has 0 aliphatic rings. The van der Waals surface area contributed by atoms with Crippen LogP contribution in [0.2, 0.25) is 0 Å². The third-order valence-electron chi connectivity index (χ3n) is 2.41. The summed E-state index contributed by atoms with van der Waals surface area (Å²) in [5, 5.41) is 21.0. The van der Waals surface area contributed by atoms with Crippen LogP contribution in [0.3, 0.4) is 0 Å². The summed E-state index contributed by atoms with van der Waals surface area (Å²) >= 11 is 0. The third-order valence-corrected chi connectivity index (χ3v) is 2.41. The maximum Gasteiger partial charge on any atom is 0.0895 e. The Labute approximate surface area is 90.8 Å². The number of nitrogens with one attached hydrogen (secondary N) is 1. The first-order chi connectivity index (χ1) is 7.13. The van der Waals surface area contributed by atoms with E-state index in [1.54, 1.807) is 0 Å². The zero-order chi connectivity index (χ0) is 11.3. The normalized spacial score (nSPS) is 14.9. The van der Waals surface area contributed by atoms with E-state index in [-0.39, 0.29) is 12.6 Å². The molecular weight excluding hydrogens is 190 g/mol. The monoisotopic (exact) mass is 209 g/mol. The number of rotatable bonds is 5. The lowest BCUT2D eigenvalue weighted by molar-refractivity contribution is 0.0924. The summed E-state index contributed by atoms with van der Waals surface area (Å²) < 4.78 is 0. The standard InChI is InChI=1S/C12H19NO2/c1-9-4-3-5-11(6-9)10(2)13-7-12(15)8-14/h3-6,10,12-15H,7-8H2,1-2H3/t10-,12?/m0/s1. The summed E-state index contributed by atoms with van der Waals surface area (Å²) in [6.07, 6.45) is -0.683. The molecule has 1 rings (SSSR count). The molecule has 1 aromatic rings. The van der Waals surface area contributed by atoms with Gasteiger partial charge in [0, 0.05) is 12.6 Å². The van der Waals surface area contributed by atoms with Crippen molar-refractivity contribution < 1.29 is 10.2 Å². The zero-order valence-electron chi connectivity index (χ0n) is 9.27. The van der Waals surface area contributed by atoms with E-state index in [4.69, 9.17) is 5.11 Å². The van der Waals surface area contributed by atoms with Gasteiger partial charge in [-0.15, -0.1) is 0 Å². The van der Waals surface area contributed by atoms with Gasteiger partial charge < -0.3 is 15.5 Å². The molecule has 3 heteroatoms. The van der Waals surface area contributed by atoms with E-state index in [0.717, 1.165) is 0 Å². The molecule has 0 spiro atoms. The Morgan fingerprint density at radius 2 is 2.13 bits per heavy atom. The van der Waals surface area contributed by atoms with Crippen molar-refractivity contribution in [2.75, 3.05) is 13.2 Å². The van der Waals surface area contributed by atoms with Crippen molar-refractivity contribution in [2.45, 2.75) is 26.0 Å². The van der Waals surface area contributed by atoms with Crippen LogP contribution in [0, 0.1) is 6.92 Å². The number of hydrogen-bond acceptors (Lipinski definition) is 3. The van der Waals surface area contributed by atoms with Crippen LogP contribution in [0.15, 0.2) is 24.3 Å². The first-order valence-corrected chi connectivity index (χ1v) is 5.22. The van der Waals surface area contributed by atoms with Crippen LogP contribution in [0.25, 0.3) is 0 Å². The molecule has 0 aliphatic carbocycles. The second-order valence-corrected chi connectivity index (χ2v) is 3.88. The SMILES string of the molecule is Cc1cccc([C@H](C)NCC(O)CO)c1. The van der Waals surface area contributed by atoms with Crippen LogP contribution >= 0.6 is 0 Å². The first-order valence-electron chi connectivity index (χ1n) is 5.22. The van der Waals surface area contributed by atoms with Gasteiger partial charge in [0.15, 0.2) is 0 Å². The van der Waals surface area contributed by atoms with Crippen molar-refractivity contribution in [1.29, 1.82) is 0 Å². The molecule has 0 aromatic heterocycles. The molecule has 0 saturated carbocycles. The predicted molar refractivity (Wildman–Crippen MR) is 60.7 cm³/mol. The molecule has 0 radical (unpaired) electrons. The Balaban J connectivity index is 2.50. The molecule has 3 nitrogen and oxygen atoms in total. The molecule has 1 aromatic carbocycles. The van der Waals surface area contributed by atoms with Crippen LogP contribution in [0.1, 0.15) is 24.1 Å². The van der Waals surface area contributed by atoms with Crippen LogP contribution < -0.4 is 5.32 Å². The molecule has 3 N–H and O–H groups in total. The van der Waals surface area contributed by atoms with Gasteiger partial charge in [-0.05, 0) is 19.4 Å². The average Bonchev–Trinajstić information content (AvgIpc) is 2.25.